The van der Waals surface area contributed by atoms with E-state index in [0.29, 0.717) is 48.2 Å². The van der Waals surface area contributed by atoms with Gasteiger partial charge in [-0.3, -0.25) is 14.4 Å². The predicted octanol–water partition coefficient (Wildman–Crippen LogP) is 4.19. The number of hydrogen-bond acceptors (Lipinski definition) is 4. The molecule has 35 heavy (non-hydrogen) atoms. The minimum absolute atomic E-state index is 0.0118. The molecular weight excluding hydrogens is 487 g/mol. The SMILES string of the molecule is CCC(C)NC(=O)CN1CN(c2ccccc2)C2(CCN(C(=O)c3cc(Cl)cc(Cl)c3)CC2)C1=O. The van der Waals surface area contributed by atoms with Gasteiger partial charge >= 0.3 is 0 Å². The van der Waals surface area contributed by atoms with Gasteiger partial charge < -0.3 is 20.0 Å². The van der Waals surface area contributed by atoms with Gasteiger partial charge in [0.1, 0.15) is 12.1 Å². The van der Waals surface area contributed by atoms with E-state index in [1.165, 1.54) is 0 Å². The van der Waals surface area contributed by atoms with Crippen LogP contribution in [-0.2, 0) is 9.59 Å². The van der Waals surface area contributed by atoms with Gasteiger partial charge in [0.15, 0.2) is 0 Å². The zero-order valence-electron chi connectivity index (χ0n) is 20.0. The number of para-hydroxylation sites is 1. The van der Waals surface area contributed by atoms with Crippen LogP contribution >= 0.6 is 23.2 Å². The number of anilines is 1. The molecular formula is C26H30Cl2N4O3. The fourth-order valence-electron chi connectivity index (χ4n) is 4.86. The highest BCUT2D eigenvalue weighted by Crippen LogP contribution is 2.39. The summed E-state index contributed by atoms with van der Waals surface area (Å²) in [7, 11) is 0. The van der Waals surface area contributed by atoms with Crippen LogP contribution in [-0.4, -0.2) is 65.4 Å². The van der Waals surface area contributed by atoms with Crippen molar-refractivity contribution >= 4 is 46.6 Å². The second-order valence-electron chi connectivity index (χ2n) is 9.27. The molecule has 2 aliphatic rings. The third-order valence-corrected chi connectivity index (χ3v) is 7.36. The zero-order chi connectivity index (χ0) is 25.2. The van der Waals surface area contributed by atoms with Crippen LogP contribution in [0.4, 0.5) is 5.69 Å². The van der Waals surface area contributed by atoms with Crippen molar-refractivity contribution in [1.82, 2.24) is 15.1 Å². The lowest BCUT2D eigenvalue weighted by Crippen LogP contribution is -2.57. The Morgan fingerprint density at radius 2 is 1.69 bits per heavy atom. The van der Waals surface area contributed by atoms with Crippen LogP contribution in [0.1, 0.15) is 43.5 Å². The van der Waals surface area contributed by atoms with E-state index in [1.54, 1.807) is 28.0 Å². The maximum absolute atomic E-state index is 13.8. The maximum Gasteiger partial charge on any atom is 0.253 e. The number of nitrogens with one attached hydrogen (secondary N) is 1. The number of likely N-dealkylation sites (tertiary alicyclic amines) is 1. The molecule has 2 aromatic carbocycles. The van der Waals surface area contributed by atoms with Gasteiger partial charge in [0.2, 0.25) is 5.91 Å². The first kappa shape index (κ1) is 25.3. The van der Waals surface area contributed by atoms with Crippen molar-refractivity contribution < 1.29 is 14.4 Å². The van der Waals surface area contributed by atoms with Crippen molar-refractivity contribution in [3.8, 4) is 0 Å². The summed E-state index contributed by atoms with van der Waals surface area (Å²) < 4.78 is 0. The normalized spacial score (nSPS) is 18.2. The standard InChI is InChI=1S/C26H30Cl2N4O3/c1-3-18(2)29-23(33)16-31-17-32(22-7-5-4-6-8-22)26(25(31)35)9-11-30(12-10-26)24(34)19-13-20(27)15-21(28)14-19/h4-8,13-15,18H,3,9-12,16-17H2,1-2H3,(H,29,33). The Morgan fingerprint density at radius 3 is 2.29 bits per heavy atom. The van der Waals surface area contributed by atoms with E-state index in [0.717, 1.165) is 12.1 Å². The molecule has 1 unspecified atom stereocenters. The maximum atomic E-state index is 13.8. The molecule has 0 saturated carbocycles. The van der Waals surface area contributed by atoms with E-state index in [1.807, 2.05) is 44.2 Å². The quantitative estimate of drug-likeness (QED) is 0.624. The van der Waals surface area contributed by atoms with E-state index >= 15 is 0 Å². The Balaban J connectivity index is 1.54. The summed E-state index contributed by atoms with van der Waals surface area (Å²) >= 11 is 12.2. The summed E-state index contributed by atoms with van der Waals surface area (Å²) in [5, 5.41) is 3.76. The van der Waals surface area contributed by atoms with Gasteiger partial charge in [-0.25, -0.2) is 0 Å². The van der Waals surface area contributed by atoms with Crippen LogP contribution in [0.15, 0.2) is 48.5 Å². The van der Waals surface area contributed by atoms with Gasteiger partial charge in [0.25, 0.3) is 11.8 Å². The van der Waals surface area contributed by atoms with Gasteiger partial charge in [0.05, 0.1) is 6.67 Å². The van der Waals surface area contributed by atoms with Crippen molar-refractivity contribution in [2.75, 3.05) is 31.2 Å². The second kappa shape index (κ2) is 10.5. The Labute approximate surface area is 216 Å². The molecule has 2 saturated heterocycles. The first-order chi connectivity index (χ1) is 16.7. The van der Waals surface area contributed by atoms with Crippen LogP contribution in [0.2, 0.25) is 10.0 Å². The fourth-order valence-corrected chi connectivity index (χ4v) is 5.38. The molecule has 1 spiro atoms. The number of rotatable bonds is 6. The summed E-state index contributed by atoms with van der Waals surface area (Å²) in [6, 6.07) is 14.6. The number of carbonyl (C=O) groups excluding carboxylic acids is 3. The lowest BCUT2D eigenvalue weighted by molar-refractivity contribution is -0.137. The van der Waals surface area contributed by atoms with E-state index in [-0.39, 0.29) is 30.3 Å². The van der Waals surface area contributed by atoms with Crippen LogP contribution in [0.5, 0.6) is 0 Å². The molecule has 4 rings (SSSR count). The molecule has 7 nitrogen and oxygen atoms in total. The lowest BCUT2D eigenvalue weighted by Gasteiger charge is -2.43. The van der Waals surface area contributed by atoms with Crippen LogP contribution in [0.3, 0.4) is 0 Å². The average molecular weight is 517 g/mol. The Kier molecular flexibility index (Phi) is 7.57. The Hall–Kier alpha value is -2.77. The molecule has 3 amide bonds. The first-order valence-corrected chi connectivity index (χ1v) is 12.7. The van der Waals surface area contributed by atoms with Gasteiger partial charge in [-0.05, 0) is 56.5 Å². The van der Waals surface area contributed by atoms with Gasteiger partial charge in [0, 0.05) is 40.4 Å². The summed E-state index contributed by atoms with van der Waals surface area (Å²) in [5.41, 5.74) is 0.548. The number of piperidine rings is 1. The highest BCUT2D eigenvalue weighted by molar-refractivity contribution is 6.35. The summed E-state index contributed by atoms with van der Waals surface area (Å²) in [4.78, 5) is 44.9. The zero-order valence-corrected chi connectivity index (χ0v) is 21.5. The van der Waals surface area contributed by atoms with Crippen molar-refractivity contribution in [2.45, 2.75) is 44.7 Å². The van der Waals surface area contributed by atoms with Gasteiger partial charge in [-0.2, -0.15) is 0 Å². The molecule has 1 atom stereocenters. The molecule has 0 aliphatic carbocycles. The average Bonchev–Trinajstić information content (AvgIpc) is 3.10. The lowest BCUT2D eigenvalue weighted by atomic mass is 9.85. The second-order valence-corrected chi connectivity index (χ2v) is 10.1. The Bertz CT molecular complexity index is 1080. The number of nitrogens with zero attached hydrogens (tertiary/aromatic N) is 3. The number of hydrogen-bond donors (Lipinski definition) is 1. The highest BCUT2D eigenvalue weighted by Gasteiger charge is 2.54. The molecule has 0 aromatic heterocycles. The molecule has 2 fully saturated rings. The van der Waals surface area contributed by atoms with Gasteiger partial charge in [-0.15, -0.1) is 0 Å². The Morgan fingerprint density at radius 1 is 1.06 bits per heavy atom. The molecule has 0 bridgehead atoms. The highest BCUT2D eigenvalue weighted by atomic mass is 35.5. The summed E-state index contributed by atoms with van der Waals surface area (Å²) in [6.07, 6.45) is 1.75. The third kappa shape index (κ3) is 5.26. The molecule has 9 heteroatoms. The van der Waals surface area contributed by atoms with E-state index in [9.17, 15) is 14.4 Å². The summed E-state index contributed by atoms with van der Waals surface area (Å²) in [6.45, 7) is 5.11. The third-order valence-electron chi connectivity index (χ3n) is 6.92. The summed E-state index contributed by atoms with van der Waals surface area (Å²) in [5.74, 6) is -0.396. The molecule has 186 valence electrons. The fraction of sp³-hybridized carbons (Fsp3) is 0.423. The van der Waals surface area contributed by atoms with Crippen molar-refractivity contribution in [3.63, 3.8) is 0 Å². The van der Waals surface area contributed by atoms with E-state index in [2.05, 4.69) is 10.2 Å². The largest absolute Gasteiger partial charge is 0.352 e. The molecule has 2 aliphatic heterocycles. The monoisotopic (exact) mass is 516 g/mol. The molecule has 1 N–H and O–H groups in total. The number of amides is 3. The van der Waals surface area contributed by atoms with Crippen molar-refractivity contribution in [3.05, 3.63) is 64.1 Å². The smallest absolute Gasteiger partial charge is 0.253 e. The first-order valence-electron chi connectivity index (χ1n) is 11.9. The number of halogens is 2. The predicted molar refractivity (Wildman–Crippen MR) is 138 cm³/mol. The van der Waals surface area contributed by atoms with E-state index in [4.69, 9.17) is 23.2 Å². The minimum Gasteiger partial charge on any atom is -0.352 e. The van der Waals surface area contributed by atoms with Gasteiger partial charge in [-0.1, -0.05) is 48.3 Å². The van der Waals surface area contributed by atoms with Crippen molar-refractivity contribution in [1.29, 1.82) is 0 Å². The van der Waals surface area contributed by atoms with Crippen LogP contribution in [0, 0.1) is 0 Å². The van der Waals surface area contributed by atoms with E-state index < -0.39 is 5.54 Å². The van der Waals surface area contributed by atoms with Crippen LogP contribution < -0.4 is 10.2 Å². The topological polar surface area (TPSA) is 73.0 Å². The number of benzene rings is 2. The van der Waals surface area contributed by atoms with Crippen LogP contribution in [0.25, 0.3) is 0 Å². The molecule has 2 heterocycles. The molecule has 0 radical (unpaired) electrons. The van der Waals surface area contributed by atoms with Crippen molar-refractivity contribution in [2.24, 2.45) is 0 Å². The minimum atomic E-state index is -0.805. The molecule has 2 aromatic rings. The number of carbonyl (C=O) groups is 3.